The van der Waals surface area contributed by atoms with E-state index in [1.54, 1.807) is 0 Å². The molecule has 1 saturated carbocycles. The molecular weight excluding hydrogens is 358 g/mol. The number of carbonyl (C=O) groups is 1. The van der Waals surface area contributed by atoms with Crippen LogP contribution in [0.15, 0.2) is 24.5 Å². The molecule has 0 aromatic carbocycles. The quantitative estimate of drug-likeness (QED) is 0.394. The predicted octanol–water partition coefficient (Wildman–Crippen LogP) is 3.51. The van der Waals surface area contributed by atoms with Crippen molar-refractivity contribution in [3.8, 4) is 0 Å². The Labute approximate surface area is 158 Å². The Morgan fingerprint density at radius 3 is 2.78 bits per heavy atom. The van der Waals surface area contributed by atoms with E-state index in [0.29, 0.717) is 6.42 Å². The van der Waals surface area contributed by atoms with Crippen molar-refractivity contribution in [1.29, 1.82) is 0 Å². The van der Waals surface area contributed by atoms with Gasteiger partial charge >= 0.3 is 11.9 Å². The van der Waals surface area contributed by atoms with E-state index in [2.05, 4.69) is 6.58 Å². The molecular formula is C20H30F2O5. The fourth-order valence-corrected chi connectivity index (χ4v) is 4.55. The fraction of sp³-hybridized carbons (Fsp3) is 0.750. The highest BCUT2D eigenvalue weighted by Crippen LogP contribution is 2.56. The van der Waals surface area contributed by atoms with E-state index < -0.39 is 47.8 Å². The lowest BCUT2D eigenvalue weighted by molar-refractivity contribution is -0.137. The van der Waals surface area contributed by atoms with Crippen LogP contribution >= 0.6 is 0 Å². The number of aliphatic hydroxyl groups excluding tert-OH is 2. The summed E-state index contributed by atoms with van der Waals surface area (Å²) in [7, 11) is 0. The zero-order valence-corrected chi connectivity index (χ0v) is 15.7. The normalized spacial score (nSPS) is 32.7. The number of halogens is 2. The first kappa shape index (κ1) is 21.8. The first-order valence-electron chi connectivity index (χ1n) is 9.67. The number of aliphatic carboxylic acids is 1. The number of hydrogen-bond donors (Lipinski definition) is 3. The first-order valence-corrected chi connectivity index (χ1v) is 9.67. The van der Waals surface area contributed by atoms with Gasteiger partial charge in [0, 0.05) is 18.8 Å². The van der Waals surface area contributed by atoms with Crippen LogP contribution < -0.4 is 0 Å². The Balaban J connectivity index is 2.18. The molecule has 3 N–H and O–H groups in total. The maximum absolute atomic E-state index is 15.1. The largest absolute Gasteiger partial charge is 0.488 e. The molecule has 1 aliphatic carbocycles. The van der Waals surface area contributed by atoms with Crippen LogP contribution in [0.25, 0.3) is 0 Å². The Morgan fingerprint density at radius 1 is 1.48 bits per heavy atom. The molecule has 0 unspecified atom stereocenters. The second-order valence-corrected chi connectivity index (χ2v) is 7.63. The molecule has 1 heterocycles. The predicted molar refractivity (Wildman–Crippen MR) is 96.2 cm³/mol. The van der Waals surface area contributed by atoms with Gasteiger partial charge in [0.15, 0.2) is 5.76 Å². The molecule has 0 bridgehead atoms. The van der Waals surface area contributed by atoms with E-state index in [1.165, 1.54) is 12.2 Å². The smallest absolute Gasteiger partial charge is 0.310 e. The van der Waals surface area contributed by atoms with E-state index in [-0.39, 0.29) is 38.0 Å². The molecule has 0 amide bonds. The highest BCUT2D eigenvalue weighted by Gasteiger charge is 2.65. The molecule has 2 fully saturated rings. The number of unbranched alkanes of at least 4 members (excludes halogenated alkanes) is 1. The number of carboxylic acids is 1. The van der Waals surface area contributed by atoms with Crippen LogP contribution in [0.3, 0.4) is 0 Å². The molecule has 27 heavy (non-hydrogen) atoms. The average Bonchev–Trinajstić information content (AvgIpc) is 3.04. The Morgan fingerprint density at radius 2 is 2.19 bits per heavy atom. The highest BCUT2D eigenvalue weighted by molar-refractivity contribution is 5.66. The topological polar surface area (TPSA) is 87.0 Å². The summed E-state index contributed by atoms with van der Waals surface area (Å²) >= 11 is 0. The molecule has 0 aromatic rings. The van der Waals surface area contributed by atoms with Crippen molar-refractivity contribution in [2.45, 2.75) is 76.1 Å². The third kappa shape index (κ3) is 4.88. The maximum atomic E-state index is 15.1. The Bertz CT molecular complexity index is 563. The van der Waals surface area contributed by atoms with Gasteiger partial charge in [-0.1, -0.05) is 25.8 Å². The van der Waals surface area contributed by atoms with Crippen LogP contribution in [-0.4, -0.2) is 45.5 Å². The summed E-state index contributed by atoms with van der Waals surface area (Å²) in [4.78, 5) is 10.6. The molecule has 5 nitrogen and oxygen atoms in total. The minimum Gasteiger partial charge on any atom is -0.488 e. The minimum atomic E-state index is -3.21. The summed E-state index contributed by atoms with van der Waals surface area (Å²) in [5.41, 5.74) is 0. The van der Waals surface area contributed by atoms with Crippen LogP contribution in [0, 0.1) is 17.8 Å². The van der Waals surface area contributed by atoms with E-state index in [9.17, 15) is 15.0 Å². The van der Waals surface area contributed by atoms with Gasteiger partial charge in [-0.25, -0.2) is 0 Å². The van der Waals surface area contributed by atoms with Crippen LogP contribution in [0.4, 0.5) is 8.78 Å². The lowest BCUT2D eigenvalue weighted by Crippen LogP contribution is -2.39. The van der Waals surface area contributed by atoms with Crippen LogP contribution in [0.2, 0.25) is 0 Å². The SMILES string of the molecule is C=C[C@@H](O)C[C@@H](CCC)[C@@H]1[C@@H]2[C@H](C[C@H]1O)OC(=CCCCC(=O)O)C2(F)F. The standard InChI is InChI=1S/C20H30F2O5/c1-3-7-12(10-13(23)4-2)18-14(24)11-15-19(18)20(21,22)16(27-15)8-5-6-9-17(25)26/h4,8,12-15,18-19,23-24H,2-3,5-7,9-11H2,1H3,(H,25,26)/t12-,13-,14-,15+,18+,19+/m1/s1. The number of alkyl halides is 2. The number of fused-ring (bicyclic) bond motifs is 1. The lowest BCUT2D eigenvalue weighted by Gasteiger charge is -2.33. The molecule has 154 valence electrons. The molecule has 0 aromatic heterocycles. The summed E-state index contributed by atoms with van der Waals surface area (Å²) in [6.07, 6.45) is 2.44. The summed E-state index contributed by atoms with van der Waals surface area (Å²) < 4.78 is 35.7. The molecule has 6 atom stereocenters. The van der Waals surface area contributed by atoms with Crippen LogP contribution in [0.1, 0.15) is 51.9 Å². The van der Waals surface area contributed by atoms with Crippen molar-refractivity contribution in [3.05, 3.63) is 24.5 Å². The van der Waals surface area contributed by atoms with Crippen molar-refractivity contribution >= 4 is 5.97 Å². The van der Waals surface area contributed by atoms with Gasteiger partial charge in [-0.3, -0.25) is 4.79 Å². The second-order valence-electron chi connectivity index (χ2n) is 7.63. The summed E-state index contributed by atoms with van der Waals surface area (Å²) in [5, 5.41) is 29.1. The molecule has 2 aliphatic rings. The van der Waals surface area contributed by atoms with Crippen molar-refractivity contribution in [2.75, 3.05) is 0 Å². The third-order valence-corrected chi connectivity index (χ3v) is 5.70. The van der Waals surface area contributed by atoms with E-state index in [1.807, 2.05) is 6.92 Å². The summed E-state index contributed by atoms with van der Waals surface area (Å²) in [5.74, 6) is -6.62. The Kier molecular flexibility index (Phi) is 7.40. The minimum absolute atomic E-state index is 0.0818. The number of allylic oxidation sites excluding steroid dienone is 2. The number of hydrogen-bond acceptors (Lipinski definition) is 4. The highest BCUT2D eigenvalue weighted by atomic mass is 19.3. The number of carboxylic acid groups (broad SMARTS) is 1. The molecule has 1 saturated heterocycles. The number of aliphatic hydroxyl groups is 2. The molecule has 1 aliphatic heterocycles. The zero-order chi connectivity index (χ0) is 20.2. The van der Waals surface area contributed by atoms with Crippen molar-refractivity contribution in [3.63, 3.8) is 0 Å². The number of rotatable bonds is 10. The van der Waals surface area contributed by atoms with Crippen molar-refractivity contribution < 1.29 is 33.6 Å². The lowest BCUT2D eigenvalue weighted by atomic mass is 9.75. The van der Waals surface area contributed by atoms with Gasteiger partial charge in [0.1, 0.15) is 6.10 Å². The van der Waals surface area contributed by atoms with Gasteiger partial charge in [0.2, 0.25) is 0 Å². The van der Waals surface area contributed by atoms with Gasteiger partial charge < -0.3 is 20.1 Å². The second kappa shape index (κ2) is 9.15. The molecule has 0 radical (unpaired) electrons. The summed E-state index contributed by atoms with van der Waals surface area (Å²) in [6.45, 7) is 5.49. The van der Waals surface area contributed by atoms with Crippen molar-refractivity contribution in [2.24, 2.45) is 17.8 Å². The molecule has 0 spiro atoms. The van der Waals surface area contributed by atoms with Crippen LogP contribution in [-0.2, 0) is 9.53 Å². The maximum Gasteiger partial charge on any atom is 0.310 e. The van der Waals surface area contributed by atoms with Gasteiger partial charge in [-0.2, -0.15) is 8.78 Å². The van der Waals surface area contributed by atoms with E-state index >= 15 is 8.78 Å². The first-order chi connectivity index (χ1) is 12.7. The third-order valence-electron chi connectivity index (χ3n) is 5.70. The fourth-order valence-electron chi connectivity index (χ4n) is 4.55. The van der Waals surface area contributed by atoms with Gasteiger partial charge in [0.05, 0.1) is 18.1 Å². The van der Waals surface area contributed by atoms with Crippen LogP contribution in [0.5, 0.6) is 0 Å². The van der Waals surface area contributed by atoms with E-state index in [4.69, 9.17) is 9.84 Å². The molecule has 2 rings (SSSR count). The average molecular weight is 388 g/mol. The van der Waals surface area contributed by atoms with Gasteiger partial charge in [-0.05, 0) is 31.3 Å². The summed E-state index contributed by atoms with van der Waals surface area (Å²) in [6, 6.07) is 0. The Hall–Kier alpha value is -1.47. The van der Waals surface area contributed by atoms with E-state index in [0.717, 1.165) is 6.42 Å². The zero-order valence-electron chi connectivity index (χ0n) is 15.7. The van der Waals surface area contributed by atoms with Crippen molar-refractivity contribution in [1.82, 2.24) is 0 Å². The molecule has 7 heteroatoms. The van der Waals surface area contributed by atoms with Gasteiger partial charge in [-0.15, -0.1) is 6.58 Å². The van der Waals surface area contributed by atoms with Gasteiger partial charge in [0.25, 0.3) is 0 Å². The number of ether oxygens (including phenoxy) is 1. The monoisotopic (exact) mass is 388 g/mol.